The van der Waals surface area contributed by atoms with E-state index < -0.39 is 16.0 Å². The van der Waals surface area contributed by atoms with Crippen molar-refractivity contribution in [3.63, 3.8) is 0 Å². The van der Waals surface area contributed by atoms with Crippen LogP contribution in [0.3, 0.4) is 0 Å². The highest BCUT2D eigenvalue weighted by atomic mass is 35.5. The summed E-state index contributed by atoms with van der Waals surface area (Å²) >= 11 is 7.30. The minimum Gasteiger partial charge on any atom is -0.465 e. The number of methoxy groups -OCH3 is 1. The van der Waals surface area contributed by atoms with E-state index in [1.54, 1.807) is 18.2 Å². The number of thiophene rings is 1. The molecule has 1 amide bonds. The lowest BCUT2D eigenvalue weighted by atomic mass is 9.97. The van der Waals surface area contributed by atoms with Crippen LogP contribution >= 0.6 is 22.9 Å². The third-order valence-electron chi connectivity index (χ3n) is 4.80. The van der Waals surface area contributed by atoms with E-state index in [9.17, 15) is 18.0 Å². The molecule has 1 aromatic heterocycles. The molecule has 0 bridgehead atoms. The Labute approximate surface area is 178 Å². The molecule has 1 aromatic carbocycles. The van der Waals surface area contributed by atoms with E-state index in [1.807, 2.05) is 6.07 Å². The summed E-state index contributed by atoms with van der Waals surface area (Å²) < 4.78 is 32.7. The molecule has 2 aromatic rings. The lowest BCUT2D eigenvalue weighted by Crippen LogP contribution is -2.43. The molecule has 0 radical (unpaired) electrons. The van der Waals surface area contributed by atoms with Crippen LogP contribution in [0.25, 0.3) is 0 Å². The van der Waals surface area contributed by atoms with Crippen LogP contribution < -0.4 is 5.32 Å². The number of carbonyl (C=O) groups is 2. The fourth-order valence-electron chi connectivity index (χ4n) is 3.23. The lowest BCUT2D eigenvalue weighted by Gasteiger charge is -2.30. The number of halogens is 1. The first-order valence-electron chi connectivity index (χ1n) is 9.02. The molecule has 10 heteroatoms. The van der Waals surface area contributed by atoms with Gasteiger partial charge in [0.05, 0.1) is 28.4 Å². The lowest BCUT2D eigenvalue weighted by molar-refractivity contribution is -0.126. The number of rotatable bonds is 6. The van der Waals surface area contributed by atoms with Crippen LogP contribution in [0.15, 0.2) is 41.3 Å². The van der Waals surface area contributed by atoms with Crippen molar-refractivity contribution in [1.82, 2.24) is 9.62 Å². The predicted octanol–water partition coefficient (Wildman–Crippen LogP) is 2.91. The molecule has 3 rings (SSSR count). The molecule has 29 heavy (non-hydrogen) atoms. The summed E-state index contributed by atoms with van der Waals surface area (Å²) in [4.78, 5) is 25.2. The van der Waals surface area contributed by atoms with Crippen molar-refractivity contribution in [2.24, 2.45) is 5.92 Å². The molecular formula is C19H21ClN2O5S2. The number of sulfonamides is 1. The van der Waals surface area contributed by atoms with E-state index in [1.165, 1.54) is 34.9 Å². The zero-order valence-electron chi connectivity index (χ0n) is 15.8. The molecule has 1 aliphatic rings. The van der Waals surface area contributed by atoms with Gasteiger partial charge in [-0.05, 0) is 37.1 Å². The zero-order valence-corrected chi connectivity index (χ0v) is 18.1. The van der Waals surface area contributed by atoms with Crippen LogP contribution in [0, 0.1) is 5.92 Å². The predicted molar refractivity (Wildman–Crippen MR) is 110 cm³/mol. The van der Waals surface area contributed by atoms with E-state index >= 15 is 0 Å². The molecule has 0 spiro atoms. The molecule has 156 valence electrons. The quantitative estimate of drug-likeness (QED) is 0.674. The van der Waals surface area contributed by atoms with Crippen molar-refractivity contribution in [3.05, 3.63) is 51.2 Å². The van der Waals surface area contributed by atoms with E-state index in [-0.39, 0.29) is 35.4 Å². The first kappa shape index (κ1) is 21.8. The van der Waals surface area contributed by atoms with Crippen molar-refractivity contribution in [1.29, 1.82) is 0 Å². The zero-order chi connectivity index (χ0) is 21.0. The normalized spacial score (nSPS) is 15.8. The second kappa shape index (κ2) is 9.25. The maximum Gasteiger partial charge on any atom is 0.339 e. The Balaban J connectivity index is 1.62. The summed E-state index contributed by atoms with van der Waals surface area (Å²) in [7, 11) is -2.65. The fourth-order valence-corrected chi connectivity index (χ4v) is 5.91. The Hall–Kier alpha value is -1.94. The van der Waals surface area contributed by atoms with Crippen molar-refractivity contribution < 1.29 is 22.7 Å². The molecule has 1 aliphatic heterocycles. The van der Waals surface area contributed by atoms with Gasteiger partial charge < -0.3 is 10.1 Å². The molecule has 7 nitrogen and oxygen atoms in total. The monoisotopic (exact) mass is 456 g/mol. The molecule has 0 saturated carbocycles. The van der Waals surface area contributed by atoms with Crippen molar-refractivity contribution >= 4 is 44.8 Å². The van der Waals surface area contributed by atoms with Gasteiger partial charge in [-0.25, -0.2) is 13.2 Å². The van der Waals surface area contributed by atoms with Gasteiger partial charge in [-0.2, -0.15) is 4.31 Å². The van der Waals surface area contributed by atoms with Crippen LogP contribution in [0.2, 0.25) is 4.34 Å². The molecule has 1 saturated heterocycles. The minimum absolute atomic E-state index is 0.00414. The van der Waals surface area contributed by atoms with Crippen LogP contribution in [0.4, 0.5) is 0 Å². The van der Waals surface area contributed by atoms with Crippen LogP contribution in [-0.2, 0) is 26.1 Å². The van der Waals surface area contributed by atoms with Gasteiger partial charge in [0.25, 0.3) is 0 Å². The number of benzene rings is 1. The van der Waals surface area contributed by atoms with Gasteiger partial charge in [-0.1, -0.05) is 23.7 Å². The summed E-state index contributed by atoms with van der Waals surface area (Å²) in [5.41, 5.74) is 0.00414. The third kappa shape index (κ3) is 4.98. The highest BCUT2D eigenvalue weighted by Crippen LogP contribution is 2.27. The Morgan fingerprint density at radius 1 is 1.21 bits per heavy atom. The van der Waals surface area contributed by atoms with Crippen LogP contribution in [0.1, 0.15) is 28.1 Å². The number of nitrogens with one attached hydrogen (secondary N) is 1. The highest BCUT2D eigenvalue weighted by Gasteiger charge is 2.34. The summed E-state index contributed by atoms with van der Waals surface area (Å²) in [5.74, 6) is -1.05. The number of amides is 1. The van der Waals surface area contributed by atoms with E-state index in [0.29, 0.717) is 23.7 Å². The molecule has 1 fully saturated rings. The second-order valence-corrected chi connectivity index (χ2v) is 10.3. The number of ether oxygens (including phenoxy) is 1. The number of nitrogens with zero attached hydrogens (tertiary/aromatic N) is 1. The summed E-state index contributed by atoms with van der Waals surface area (Å²) in [6, 6.07) is 9.62. The molecule has 0 aliphatic carbocycles. The van der Waals surface area contributed by atoms with Crippen molar-refractivity contribution in [2.75, 3.05) is 20.2 Å². The smallest absolute Gasteiger partial charge is 0.339 e. The van der Waals surface area contributed by atoms with Gasteiger partial charge in [-0.15, -0.1) is 11.3 Å². The number of hydrogen-bond acceptors (Lipinski definition) is 6. The fraction of sp³-hybridized carbons (Fsp3) is 0.368. The third-order valence-corrected chi connectivity index (χ3v) is 7.99. The summed E-state index contributed by atoms with van der Waals surface area (Å²) in [5, 5.41) is 2.88. The molecule has 0 atom stereocenters. The maximum atomic E-state index is 13.0. The van der Waals surface area contributed by atoms with Gasteiger partial charge in [0, 0.05) is 23.9 Å². The molecule has 0 unspecified atom stereocenters. The summed E-state index contributed by atoms with van der Waals surface area (Å²) in [6.45, 7) is 0.822. The number of piperidine rings is 1. The van der Waals surface area contributed by atoms with Gasteiger partial charge >= 0.3 is 5.97 Å². The maximum absolute atomic E-state index is 13.0. The summed E-state index contributed by atoms with van der Waals surface area (Å²) in [6.07, 6.45) is 0.827. The first-order chi connectivity index (χ1) is 13.8. The van der Waals surface area contributed by atoms with Crippen LogP contribution in [-0.4, -0.2) is 44.8 Å². The first-order valence-corrected chi connectivity index (χ1v) is 11.7. The number of hydrogen-bond donors (Lipinski definition) is 1. The van der Waals surface area contributed by atoms with E-state index in [4.69, 9.17) is 16.3 Å². The Bertz CT molecular complexity index is 998. The Morgan fingerprint density at radius 3 is 2.52 bits per heavy atom. The Kier molecular flexibility index (Phi) is 6.94. The van der Waals surface area contributed by atoms with Crippen LogP contribution in [0.5, 0.6) is 0 Å². The SMILES string of the molecule is COC(=O)c1ccccc1S(=O)(=O)N1CCC(C(=O)NCc2ccc(Cl)s2)CC1. The molecule has 1 N–H and O–H groups in total. The van der Waals surface area contributed by atoms with Crippen molar-refractivity contribution in [2.45, 2.75) is 24.3 Å². The van der Waals surface area contributed by atoms with Gasteiger partial charge in [0.2, 0.25) is 15.9 Å². The molecular weight excluding hydrogens is 436 g/mol. The number of esters is 1. The average Bonchev–Trinajstić information content (AvgIpc) is 3.16. The van der Waals surface area contributed by atoms with Gasteiger partial charge in [0.15, 0.2) is 0 Å². The van der Waals surface area contributed by atoms with Crippen molar-refractivity contribution in [3.8, 4) is 0 Å². The Morgan fingerprint density at radius 2 is 1.90 bits per heavy atom. The average molecular weight is 457 g/mol. The minimum atomic E-state index is -3.86. The number of carbonyl (C=O) groups excluding carboxylic acids is 2. The van der Waals surface area contributed by atoms with E-state index in [2.05, 4.69) is 5.32 Å². The highest BCUT2D eigenvalue weighted by molar-refractivity contribution is 7.89. The standard InChI is InChI=1S/C19H21ClN2O5S2/c1-27-19(24)15-4-2-3-5-16(15)29(25,26)22-10-8-13(9-11-22)18(23)21-12-14-6-7-17(20)28-14/h2-7,13H,8-12H2,1H3,(H,21,23). The van der Waals surface area contributed by atoms with E-state index in [0.717, 1.165) is 4.88 Å². The second-order valence-electron chi connectivity index (χ2n) is 6.59. The topological polar surface area (TPSA) is 92.8 Å². The van der Waals surface area contributed by atoms with Gasteiger partial charge in [0.1, 0.15) is 0 Å². The van der Waals surface area contributed by atoms with Gasteiger partial charge in [-0.3, -0.25) is 4.79 Å². The molecule has 2 heterocycles. The largest absolute Gasteiger partial charge is 0.465 e.